The molecule has 0 atom stereocenters. The lowest BCUT2D eigenvalue weighted by Crippen LogP contribution is -2.00. The van der Waals surface area contributed by atoms with Crippen molar-refractivity contribution in [3.8, 4) is 5.75 Å². The standard InChI is InChI=1S/C14H13NO6/c1-8-4-3-5-11(12(8)15(18)19)20-7-10-6-9(2)13(21-10)14(16)17/h3-6H,7H2,1-2H3,(H,16,17). The van der Waals surface area contributed by atoms with E-state index in [1.54, 1.807) is 26.0 Å². The number of benzene rings is 1. The van der Waals surface area contributed by atoms with Gasteiger partial charge in [-0.3, -0.25) is 10.1 Å². The first-order valence-electron chi connectivity index (χ1n) is 6.09. The van der Waals surface area contributed by atoms with Gasteiger partial charge >= 0.3 is 11.7 Å². The number of nitro groups is 1. The van der Waals surface area contributed by atoms with Crippen molar-refractivity contribution in [3.05, 3.63) is 57.0 Å². The van der Waals surface area contributed by atoms with Gasteiger partial charge in [-0.15, -0.1) is 0 Å². The fourth-order valence-electron chi connectivity index (χ4n) is 1.96. The van der Waals surface area contributed by atoms with E-state index in [-0.39, 0.29) is 23.8 Å². The summed E-state index contributed by atoms with van der Waals surface area (Å²) in [5, 5.41) is 19.9. The molecule has 0 aliphatic heterocycles. The Balaban J connectivity index is 2.21. The molecule has 0 radical (unpaired) electrons. The third-order valence-electron chi connectivity index (χ3n) is 2.92. The highest BCUT2D eigenvalue weighted by molar-refractivity contribution is 5.86. The van der Waals surface area contributed by atoms with E-state index in [1.165, 1.54) is 12.1 Å². The summed E-state index contributed by atoms with van der Waals surface area (Å²) in [6, 6.07) is 6.28. The van der Waals surface area contributed by atoms with Gasteiger partial charge in [0.1, 0.15) is 12.4 Å². The molecule has 0 amide bonds. The summed E-state index contributed by atoms with van der Waals surface area (Å²) in [6.07, 6.45) is 0. The number of hydrogen-bond donors (Lipinski definition) is 1. The van der Waals surface area contributed by atoms with Crippen LogP contribution in [0, 0.1) is 24.0 Å². The number of para-hydroxylation sites is 1. The number of nitrogens with zero attached hydrogens (tertiary/aromatic N) is 1. The van der Waals surface area contributed by atoms with E-state index in [1.807, 2.05) is 0 Å². The van der Waals surface area contributed by atoms with Crippen molar-refractivity contribution in [2.45, 2.75) is 20.5 Å². The molecular weight excluding hydrogens is 278 g/mol. The van der Waals surface area contributed by atoms with E-state index in [0.717, 1.165) is 0 Å². The number of ether oxygens (including phenoxy) is 1. The molecule has 0 saturated heterocycles. The lowest BCUT2D eigenvalue weighted by Gasteiger charge is -2.06. The van der Waals surface area contributed by atoms with Gasteiger partial charge in [0, 0.05) is 11.1 Å². The molecule has 0 unspecified atom stereocenters. The highest BCUT2D eigenvalue weighted by atomic mass is 16.6. The maximum absolute atomic E-state index is 11.0. The minimum Gasteiger partial charge on any atom is -0.479 e. The van der Waals surface area contributed by atoms with E-state index < -0.39 is 10.9 Å². The first kappa shape index (κ1) is 14.6. The van der Waals surface area contributed by atoms with Crippen molar-refractivity contribution in [1.82, 2.24) is 0 Å². The van der Waals surface area contributed by atoms with Gasteiger partial charge in [-0.05, 0) is 26.0 Å². The predicted molar refractivity (Wildman–Crippen MR) is 72.6 cm³/mol. The second kappa shape index (κ2) is 5.66. The second-order valence-corrected chi connectivity index (χ2v) is 4.50. The van der Waals surface area contributed by atoms with E-state index in [4.69, 9.17) is 14.3 Å². The summed E-state index contributed by atoms with van der Waals surface area (Å²) in [7, 11) is 0. The Morgan fingerprint density at radius 2 is 2.10 bits per heavy atom. The summed E-state index contributed by atoms with van der Waals surface area (Å²) in [4.78, 5) is 21.4. The number of aryl methyl sites for hydroxylation is 2. The van der Waals surface area contributed by atoms with Crippen LogP contribution in [-0.4, -0.2) is 16.0 Å². The van der Waals surface area contributed by atoms with Crippen molar-refractivity contribution >= 4 is 11.7 Å². The van der Waals surface area contributed by atoms with Crippen molar-refractivity contribution in [3.63, 3.8) is 0 Å². The normalized spacial score (nSPS) is 10.4. The highest BCUT2D eigenvalue weighted by Gasteiger charge is 2.19. The molecule has 0 fully saturated rings. The SMILES string of the molecule is Cc1cc(COc2cccc(C)c2[N+](=O)[O-])oc1C(=O)O. The van der Waals surface area contributed by atoms with Crippen molar-refractivity contribution in [1.29, 1.82) is 0 Å². The van der Waals surface area contributed by atoms with Gasteiger partial charge in [0.2, 0.25) is 5.76 Å². The van der Waals surface area contributed by atoms with Crippen molar-refractivity contribution < 1.29 is 24.0 Å². The molecule has 0 aliphatic carbocycles. The van der Waals surface area contributed by atoms with Crippen molar-refractivity contribution in [2.75, 3.05) is 0 Å². The zero-order valence-electron chi connectivity index (χ0n) is 11.5. The number of aromatic carboxylic acids is 1. The Kier molecular flexibility index (Phi) is 3.93. The Bertz CT molecular complexity index is 703. The molecule has 1 aromatic carbocycles. The Morgan fingerprint density at radius 1 is 1.38 bits per heavy atom. The third-order valence-corrected chi connectivity index (χ3v) is 2.92. The smallest absolute Gasteiger partial charge is 0.372 e. The number of carboxylic acids is 1. The summed E-state index contributed by atoms with van der Waals surface area (Å²) in [5.41, 5.74) is 0.846. The van der Waals surface area contributed by atoms with Crippen LogP contribution in [0.3, 0.4) is 0 Å². The molecular formula is C14H13NO6. The second-order valence-electron chi connectivity index (χ2n) is 4.50. The molecule has 0 aliphatic rings. The molecule has 1 N–H and O–H groups in total. The molecule has 0 bridgehead atoms. The minimum atomic E-state index is -1.17. The average molecular weight is 291 g/mol. The number of furan rings is 1. The van der Waals surface area contributed by atoms with Crippen LogP contribution >= 0.6 is 0 Å². The maximum Gasteiger partial charge on any atom is 0.372 e. The summed E-state index contributed by atoms with van der Waals surface area (Å²) in [6.45, 7) is 3.13. The number of carbonyl (C=O) groups is 1. The van der Waals surface area contributed by atoms with Gasteiger partial charge in [-0.1, -0.05) is 12.1 Å². The predicted octanol–water partition coefficient (Wildman–Crippen LogP) is 3.08. The Labute approximate surface area is 119 Å². The number of hydrogen-bond acceptors (Lipinski definition) is 5. The van der Waals surface area contributed by atoms with Gasteiger partial charge in [0.25, 0.3) is 0 Å². The fraction of sp³-hybridized carbons (Fsp3) is 0.214. The van der Waals surface area contributed by atoms with Crippen LogP contribution in [0.4, 0.5) is 5.69 Å². The molecule has 1 heterocycles. The number of carboxylic acid groups (broad SMARTS) is 1. The van der Waals surface area contributed by atoms with E-state index in [0.29, 0.717) is 16.9 Å². The van der Waals surface area contributed by atoms with Crippen molar-refractivity contribution in [2.24, 2.45) is 0 Å². The van der Waals surface area contributed by atoms with Gasteiger partial charge in [0.15, 0.2) is 5.75 Å². The summed E-state index contributed by atoms with van der Waals surface area (Å²) < 4.78 is 10.5. The van der Waals surface area contributed by atoms with Gasteiger partial charge in [0.05, 0.1) is 4.92 Å². The van der Waals surface area contributed by atoms with Crippen LogP contribution in [0.2, 0.25) is 0 Å². The monoisotopic (exact) mass is 291 g/mol. The summed E-state index contributed by atoms with van der Waals surface area (Å²) in [5.74, 6) is -0.917. The van der Waals surface area contributed by atoms with Gasteiger partial charge in [-0.2, -0.15) is 0 Å². The van der Waals surface area contributed by atoms with Crippen LogP contribution in [0.1, 0.15) is 27.4 Å². The highest BCUT2D eigenvalue weighted by Crippen LogP contribution is 2.31. The molecule has 7 heteroatoms. The molecule has 1 aromatic heterocycles. The lowest BCUT2D eigenvalue weighted by molar-refractivity contribution is -0.386. The molecule has 2 rings (SSSR count). The molecule has 110 valence electrons. The number of rotatable bonds is 5. The summed E-state index contributed by atoms with van der Waals surface area (Å²) >= 11 is 0. The van der Waals surface area contributed by atoms with E-state index in [9.17, 15) is 14.9 Å². The third kappa shape index (κ3) is 3.02. The molecule has 7 nitrogen and oxygen atoms in total. The van der Waals surface area contributed by atoms with Gasteiger partial charge < -0.3 is 14.3 Å². The van der Waals surface area contributed by atoms with Crippen LogP contribution in [0.5, 0.6) is 5.75 Å². The van der Waals surface area contributed by atoms with Gasteiger partial charge in [-0.25, -0.2) is 4.79 Å². The molecule has 21 heavy (non-hydrogen) atoms. The quantitative estimate of drug-likeness (QED) is 0.670. The zero-order chi connectivity index (χ0) is 15.6. The molecule has 0 saturated carbocycles. The molecule has 0 spiro atoms. The van der Waals surface area contributed by atoms with E-state index in [2.05, 4.69) is 0 Å². The topological polar surface area (TPSA) is 103 Å². The fourth-order valence-corrected chi connectivity index (χ4v) is 1.96. The van der Waals surface area contributed by atoms with Crippen LogP contribution in [0.15, 0.2) is 28.7 Å². The number of nitro benzene ring substituents is 1. The zero-order valence-corrected chi connectivity index (χ0v) is 11.5. The van der Waals surface area contributed by atoms with Crippen LogP contribution < -0.4 is 4.74 Å². The first-order valence-corrected chi connectivity index (χ1v) is 6.09. The Morgan fingerprint density at radius 3 is 2.67 bits per heavy atom. The molecule has 2 aromatic rings. The Hall–Kier alpha value is -2.83. The first-order chi connectivity index (χ1) is 9.90. The van der Waals surface area contributed by atoms with Crippen LogP contribution in [-0.2, 0) is 6.61 Å². The average Bonchev–Trinajstić information content (AvgIpc) is 2.77. The minimum absolute atomic E-state index is 0.0849. The lowest BCUT2D eigenvalue weighted by atomic mass is 10.2. The maximum atomic E-state index is 11.0. The van der Waals surface area contributed by atoms with E-state index >= 15 is 0 Å². The largest absolute Gasteiger partial charge is 0.479 e. The van der Waals surface area contributed by atoms with Crippen LogP contribution in [0.25, 0.3) is 0 Å².